The summed E-state index contributed by atoms with van der Waals surface area (Å²) in [5, 5.41) is 4.49. The molecule has 148 valence electrons. The Morgan fingerprint density at radius 1 is 0.966 bits per heavy atom. The number of nitrogens with one attached hydrogen (secondary N) is 1. The van der Waals surface area contributed by atoms with E-state index in [4.69, 9.17) is 19.9 Å². The number of nitrogens with two attached hydrogens (primary N) is 1. The van der Waals surface area contributed by atoms with Gasteiger partial charge in [-0.25, -0.2) is 4.98 Å². The lowest BCUT2D eigenvalue weighted by Crippen LogP contribution is -2.12. The van der Waals surface area contributed by atoms with Crippen LogP contribution in [0, 0.1) is 0 Å². The summed E-state index contributed by atoms with van der Waals surface area (Å²) >= 11 is 1.25. The predicted molar refractivity (Wildman–Crippen MR) is 116 cm³/mol. The molecular weight excluding hydrogens is 390 g/mol. The van der Waals surface area contributed by atoms with Crippen molar-refractivity contribution in [1.82, 2.24) is 4.98 Å². The Morgan fingerprint density at radius 2 is 1.66 bits per heavy atom. The second-order valence-corrected chi connectivity index (χ2v) is 7.30. The number of hydrogen-bond donors (Lipinski definition) is 2. The van der Waals surface area contributed by atoms with Gasteiger partial charge in [0.15, 0.2) is 0 Å². The summed E-state index contributed by atoms with van der Waals surface area (Å²) in [4.78, 5) is 18.6. The van der Waals surface area contributed by atoms with Crippen LogP contribution in [0.25, 0.3) is 21.1 Å². The molecule has 4 aromatic rings. The molecule has 0 fully saturated rings. The molecular formula is C21H19N3O4S. The van der Waals surface area contributed by atoms with Crippen molar-refractivity contribution in [2.45, 2.75) is 0 Å². The molecule has 0 atom stereocenters. The number of hydrogen-bond acceptors (Lipinski definition) is 7. The van der Waals surface area contributed by atoms with Gasteiger partial charge >= 0.3 is 0 Å². The summed E-state index contributed by atoms with van der Waals surface area (Å²) in [6, 6.07) is 12.7. The molecule has 8 heteroatoms. The quantitative estimate of drug-likeness (QED) is 0.510. The number of rotatable bonds is 5. The van der Waals surface area contributed by atoms with Gasteiger partial charge < -0.3 is 25.3 Å². The Balaban J connectivity index is 1.72. The number of benzene rings is 2. The number of ether oxygens (including phenoxy) is 3. The Hall–Kier alpha value is -3.52. The highest BCUT2D eigenvalue weighted by Crippen LogP contribution is 2.36. The molecule has 0 aliphatic rings. The van der Waals surface area contributed by atoms with Crippen molar-refractivity contribution in [2.24, 2.45) is 0 Å². The molecule has 0 aliphatic carbocycles. The monoisotopic (exact) mass is 409 g/mol. The highest BCUT2D eigenvalue weighted by atomic mass is 32.1. The van der Waals surface area contributed by atoms with E-state index in [1.54, 1.807) is 39.5 Å². The Bertz CT molecular complexity index is 1210. The summed E-state index contributed by atoms with van der Waals surface area (Å²) in [5.74, 6) is 1.57. The van der Waals surface area contributed by atoms with Gasteiger partial charge in [-0.1, -0.05) is 0 Å². The third kappa shape index (κ3) is 3.50. The van der Waals surface area contributed by atoms with E-state index in [0.717, 1.165) is 22.0 Å². The average Bonchev–Trinajstić information content (AvgIpc) is 3.07. The summed E-state index contributed by atoms with van der Waals surface area (Å²) in [7, 11) is 4.72. The number of nitrogens with zero attached hydrogens (tertiary/aromatic N) is 1. The van der Waals surface area contributed by atoms with Crippen LogP contribution in [0.1, 0.15) is 9.67 Å². The smallest absolute Gasteiger partial charge is 0.267 e. The van der Waals surface area contributed by atoms with Crippen LogP contribution in [0.2, 0.25) is 0 Å². The van der Waals surface area contributed by atoms with E-state index in [2.05, 4.69) is 10.3 Å². The van der Waals surface area contributed by atoms with Gasteiger partial charge in [-0.05, 0) is 24.3 Å². The molecule has 0 radical (unpaired) electrons. The van der Waals surface area contributed by atoms with Crippen molar-refractivity contribution in [3.8, 4) is 17.2 Å². The van der Waals surface area contributed by atoms with E-state index in [1.165, 1.54) is 11.3 Å². The Labute approximate surface area is 171 Å². The fraction of sp³-hybridized carbons (Fsp3) is 0.143. The molecule has 0 saturated heterocycles. The molecule has 4 rings (SSSR count). The summed E-state index contributed by atoms with van der Waals surface area (Å²) in [6.45, 7) is 0. The molecule has 0 bridgehead atoms. The first-order valence-electron chi connectivity index (χ1n) is 8.73. The number of nitrogen functional groups attached to an aromatic ring is 1. The molecule has 1 amide bonds. The van der Waals surface area contributed by atoms with Crippen LogP contribution in [0.3, 0.4) is 0 Å². The number of methoxy groups -OCH3 is 3. The zero-order valence-corrected chi connectivity index (χ0v) is 16.9. The molecule has 0 spiro atoms. The largest absolute Gasteiger partial charge is 0.497 e. The lowest BCUT2D eigenvalue weighted by Gasteiger charge is -2.09. The van der Waals surface area contributed by atoms with Crippen molar-refractivity contribution in [3.63, 3.8) is 0 Å². The van der Waals surface area contributed by atoms with E-state index in [1.807, 2.05) is 24.3 Å². The highest BCUT2D eigenvalue weighted by Gasteiger charge is 2.19. The van der Waals surface area contributed by atoms with Crippen molar-refractivity contribution in [2.75, 3.05) is 32.4 Å². The average molecular weight is 409 g/mol. The van der Waals surface area contributed by atoms with E-state index in [-0.39, 0.29) is 5.91 Å². The zero-order valence-electron chi connectivity index (χ0n) is 16.1. The van der Waals surface area contributed by atoms with E-state index < -0.39 is 0 Å². The molecule has 0 unspecified atom stereocenters. The van der Waals surface area contributed by atoms with Gasteiger partial charge in [-0.15, -0.1) is 11.3 Å². The van der Waals surface area contributed by atoms with Gasteiger partial charge in [-0.3, -0.25) is 4.79 Å². The molecule has 0 aliphatic heterocycles. The summed E-state index contributed by atoms with van der Waals surface area (Å²) in [5.41, 5.74) is 8.05. The third-order valence-corrected chi connectivity index (χ3v) is 5.65. The molecule has 7 nitrogen and oxygen atoms in total. The zero-order chi connectivity index (χ0) is 20.5. The van der Waals surface area contributed by atoms with Gasteiger partial charge in [0.2, 0.25) is 0 Å². The van der Waals surface area contributed by atoms with E-state index in [9.17, 15) is 4.79 Å². The maximum Gasteiger partial charge on any atom is 0.267 e. The normalized spacial score (nSPS) is 10.9. The Kier molecular flexibility index (Phi) is 4.85. The predicted octanol–water partition coefficient (Wildman–Crippen LogP) is 4.31. The van der Waals surface area contributed by atoms with Crippen molar-refractivity contribution in [3.05, 3.63) is 47.3 Å². The van der Waals surface area contributed by atoms with Crippen LogP contribution in [-0.2, 0) is 0 Å². The number of pyridine rings is 1. The number of fused-ring (bicyclic) bond motifs is 2. The molecule has 2 aromatic heterocycles. The van der Waals surface area contributed by atoms with Gasteiger partial charge in [-0.2, -0.15) is 0 Å². The summed E-state index contributed by atoms with van der Waals surface area (Å²) < 4.78 is 15.8. The number of anilines is 2. The molecule has 0 saturated carbocycles. The van der Waals surface area contributed by atoms with Gasteiger partial charge in [0, 0.05) is 34.7 Å². The van der Waals surface area contributed by atoms with Crippen molar-refractivity contribution >= 4 is 49.7 Å². The highest BCUT2D eigenvalue weighted by molar-refractivity contribution is 7.21. The minimum atomic E-state index is -0.317. The second-order valence-electron chi connectivity index (χ2n) is 6.30. The number of thiophene rings is 1. The van der Waals surface area contributed by atoms with Crippen molar-refractivity contribution < 1.29 is 19.0 Å². The molecule has 3 N–H and O–H groups in total. The van der Waals surface area contributed by atoms with Crippen LogP contribution in [-0.4, -0.2) is 32.2 Å². The first-order valence-corrected chi connectivity index (χ1v) is 9.55. The number of amides is 1. The third-order valence-electron chi connectivity index (χ3n) is 4.54. The fourth-order valence-electron chi connectivity index (χ4n) is 3.04. The lowest BCUT2D eigenvalue weighted by molar-refractivity contribution is 0.103. The van der Waals surface area contributed by atoms with Gasteiger partial charge in [0.25, 0.3) is 5.91 Å². The first kappa shape index (κ1) is 18.8. The van der Waals surface area contributed by atoms with Crippen molar-refractivity contribution in [1.29, 1.82) is 0 Å². The topological polar surface area (TPSA) is 95.7 Å². The minimum Gasteiger partial charge on any atom is -0.497 e. The maximum absolute atomic E-state index is 12.9. The number of carbonyl (C=O) groups excluding carboxylic acids is 1. The van der Waals surface area contributed by atoms with E-state index in [0.29, 0.717) is 32.6 Å². The van der Waals surface area contributed by atoms with E-state index >= 15 is 0 Å². The van der Waals surface area contributed by atoms with Gasteiger partial charge in [0.05, 0.1) is 32.5 Å². The maximum atomic E-state index is 12.9. The first-order chi connectivity index (χ1) is 14.0. The lowest BCUT2D eigenvalue weighted by atomic mass is 10.1. The fourth-order valence-corrected chi connectivity index (χ4v) is 4.02. The SMILES string of the molecule is COc1cc(NC(=O)c2sc3nc4ccc(OC)cc4cc3c2N)cc(OC)c1. The number of aromatic nitrogens is 1. The van der Waals surface area contributed by atoms with Gasteiger partial charge in [0.1, 0.15) is 27.0 Å². The number of carbonyl (C=O) groups is 1. The Morgan fingerprint density at radius 3 is 2.31 bits per heavy atom. The van der Waals surface area contributed by atoms with Crippen LogP contribution < -0.4 is 25.3 Å². The second kappa shape index (κ2) is 7.48. The standard InChI is InChI=1S/C21H19N3O4S/c1-26-13-4-5-17-11(6-13)7-16-18(22)19(29-21(16)24-17)20(25)23-12-8-14(27-2)10-15(9-12)28-3/h4-10H,22H2,1-3H3,(H,23,25). The summed E-state index contributed by atoms with van der Waals surface area (Å²) in [6.07, 6.45) is 0. The van der Waals surface area contributed by atoms with Crippen LogP contribution in [0.5, 0.6) is 17.2 Å². The van der Waals surface area contributed by atoms with Crippen LogP contribution in [0.4, 0.5) is 11.4 Å². The minimum absolute atomic E-state index is 0.317. The molecule has 2 heterocycles. The molecule has 2 aromatic carbocycles. The molecule has 29 heavy (non-hydrogen) atoms. The van der Waals surface area contributed by atoms with Crippen LogP contribution >= 0.6 is 11.3 Å². The van der Waals surface area contributed by atoms with Crippen LogP contribution in [0.15, 0.2) is 42.5 Å².